The van der Waals surface area contributed by atoms with Crippen molar-refractivity contribution >= 4 is 11.5 Å². The standard InChI is InChI=1S/C21H25F4N5O/c1-14(15-3-5-16(6-4-15)31-21(23,24)25)11-17-18(29-10-9-28-17)19(26)30-13-20(22)7-2-8-27-12-20/h3-6,9-11,14,27-28H,2,7-8,12-13H2,1H3,(H2,26,30)/b17-11+. The number of piperidine rings is 1. The van der Waals surface area contributed by atoms with E-state index in [0.29, 0.717) is 17.8 Å². The number of nitrogens with one attached hydrogen (secondary N) is 2. The molecule has 10 heteroatoms. The van der Waals surface area contributed by atoms with Crippen molar-refractivity contribution in [2.24, 2.45) is 15.7 Å². The molecular formula is C21H25F4N5O. The second-order valence-corrected chi connectivity index (χ2v) is 7.56. The fraction of sp³-hybridized carbons (Fsp3) is 0.429. The summed E-state index contributed by atoms with van der Waals surface area (Å²) in [6.45, 7) is 2.85. The molecule has 2 atom stereocenters. The van der Waals surface area contributed by atoms with Gasteiger partial charge in [-0.05, 0) is 37.1 Å². The highest BCUT2D eigenvalue weighted by Gasteiger charge is 2.32. The maximum Gasteiger partial charge on any atom is 0.573 e. The first kappa shape index (κ1) is 22.8. The molecule has 0 amide bonds. The van der Waals surface area contributed by atoms with Crippen LogP contribution in [0.1, 0.15) is 31.2 Å². The van der Waals surface area contributed by atoms with Gasteiger partial charge in [-0.15, -0.1) is 13.2 Å². The summed E-state index contributed by atoms with van der Waals surface area (Å²) in [4.78, 5) is 8.49. The van der Waals surface area contributed by atoms with Crippen molar-refractivity contribution in [2.45, 2.75) is 37.7 Å². The highest BCUT2D eigenvalue weighted by Crippen LogP contribution is 2.26. The lowest BCUT2D eigenvalue weighted by atomic mass is 9.96. The lowest BCUT2D eigenvalue weighted by Crippen LogP contribution is -2.45. The number of ether oxygens (including phenoxy) is 1. The molecule has 6 nitrogen and oxygen atoms in total. The summed E-state index contributed by atoms with van der Waals surface area (Å²) in [5, 5.41) is 6.08. The molecule has 0 radical (unpaired) electrons. The Morgan fingerprint density at radius 3 is 2.74 bits per heavy atom. The number of amidine groups is 1. The first-order chi connectivity index (χ1) is 14.7. The van der Waals surface area contributed by atoms with E-state index in [1.54, 1.807) is 18.3 Å². The summed E-state index contributed by atoms with van der Waals surface area (Å²) in [5.74, 6) is -0.348. The van der Waals surface area contributed by atoms with E-state index in [0.717, 1.165) is 18.5 Å². The van der Waals surface area contributed by atoms with Crippen LogP contribution in [0.25, 0.3) is 0 Å². The molecule has 2 unspecified atom stereocenters. The van der Waals surface area contributed by atoms with E-state index < -0.39 is 12.0 Å². The third kappa shape index (κ3) is 6.55. The Hall–Kier alpha value is -2.88. The van der Waals surface area contributed by atoms with Gasteiger partial charge < -0.3 is 21.1 Å². The van der Waals surface area contributed by atoms with Crippen LogP contribution in [0.15, 0.2) is 58.4 Å². The maximum absolute atomic E-state index is 14.8. The smallest absolute Gasteiger partial charge is 0.406 e. The molecule has 2 heterocycles. The van der Waals surface area contributed by atoms with Crippen LogP contribution in [0.2, 0.25) is 0 Å². The van der Waals surface area contributed by atoms with Crippen molar-refractivity contribution in [2.75, 3.05) is 19.6 Å². The number of hydrogen-bond acceptors (Lipinski definition) is 5. The van der Waals surface area contributed by atoms with E-state index >= 15 is 0 Å². The minimum atomic E-state index is -4.73. The van der Waals surface area contributed by atoms with Crippen LogP contribution >= 0.6 is 0 Å². The molecule has 3 rings (SSSR count). The third-order valence-corrected chi connectivity index (χ3v) is 5.02. The molecule has 0 bridgehead atoms. The molecule has 2 aliphatic rings. The van der Waals surface area contributed by atoms with Crippen LogP contribution < -0.4 is 21.1 Å². The first-order valence-electron chi connectivity index (χ1n) is 9.92. The van der Waals surface area contributed by atoms with Crippen LogP contribution in [-0.4, -0.2) is 43.2 Å². The average Bonchev–Trinajstić information content (AvgIpc) is 2.72. The van der Waals surface area contributed by atoms with E-state index in [-0.39, 0.29) is 30.6 Å². The Kier molecular flexibility index (Phi) is 6.99. The molecule has 0 saturated carbocycles. The Balaban J connectivity index is 1.72. The van der Waals surface area contributed by atoms with E-state index in [4.69, 9.17) is 5.73 Å². The molecule has 0 aromatic heterocycles. The van der Waals surface area contributed by atoms with Crippen LogP contribution in [0.5, 0.6) is 5.75 Å². The van der Waals surface area contributed by atoms with Crippen molar-refractivity contribution in [1.29, 1.82) is 0 Å². The maximum atomic E-state index is 14.8. The number of nitrogens with zero attached hydrogens (tertiary/aromatic N) is 2. The molecule has 1 aromatic carbocycles. The second-order valence-electron chi connectivity index (χ2n) is 7.56. The minimum absolute atomic E-state index is 0.0575. The third-order valence-electron chi connectivity index (χ3n) is 5.02. The summed E-state index contributed by atoms with van der Waals surface area (Å²) < 4.78 is 55.6. The number of benzene rings is 1. The zero-order valence-corrected chi connectivity index (χ0v) is 17.0. The van der Waals surface area contributed by atoms with Gasteiger partial charge in [-0.1, -0.05) is 25.1 Å². The van der Waals surface area contributed by atoms with Gasteiger partial charge in [0.25, 0.3) is 0 Å². The number of alkyl halides is 4. The molecule has 2 aliphatic heterocycles. The zero-order chi connectivity index (χ0) is 22.5. The lowest BCUT2D eigenvalue weighted by Gasteiger charge is -2.28. The summed E-state index contributed by atoms with van der Waals surface area (Å²) in [6.07, 6.45) is 1.41. The molecule has 0 spiro atoms. The van der Waals surface area contributed by atoms with Gasteiger partial charge in [0.05, 0.1) is 12.2 Å². The van der Waals surface area contributed by atoms with Gasteiger partial charge in [-0.25, -0.2) is 9.38 Å². The number of allylic oxidation sites excluding steroid dienone is 1. The fourth-order valence-electron chi connectivity index (χ4n) is 3.39. The molecule has 168 valence electrons. The van der Waals surface area contributed by atoms with Gasteiger partial charge in [-0.3, -0.25) is 4.99 Å². The average molecular weight is 439 g/mol. The van der Waals surface area contributed by atoms with Crippen LogP contribution in [0.4, 0.5) is 17.6 Å². The monoisotopic (exact) mass is 439 g/mol. The van der Waals surface area contributed by atoms with Crippen molar-refractivity contribution in [3.05, 3.63) is 54.0 Å². The van der Waals surface area contributed by atoms with Crippen molar-refractivity contribution in [3.63, 3.8) is 0 Å². The van der Waals surface area contributed by atoms with E-state index in [9.17, 15) is 17.6 Å². The van der Waals surface area contributed by atoms with Crippen LogP contribution in [-0.2, 0) is 0 Å². The second kappa shape index (κ2) is 9.51. The SMILES string of the molecule is CC(/C=C1/NC=CN=C1C(N)=NCC1(F)CCCNC1)c1ccc(OC(F)(F)F)cc1. The van der Waals surface area contributed by atoms with Gasteiger partial charge in [0.15, 0.2) is 0 Å². The zero-order valence-electron chi connectivity index (χ0n) is 17.0. The minimum Gasteiger partial charge on any atom is -0.406 e. The largest absolute Gasteiger partial charge is 0.573 e. The Morgan fingerprint density at radius 1 is 1.35 bits per heavy atom. The topological polar surface area (TPSA) is 84.0 Å². The van der Waals surface area contributed by atoms with Crippen molar-refractivity contribution in [1.82, 2.24) is 10.6 Å². The Labute approximate surface area is 178 Å². The molecule has 1 fully saturated rings. The summed E-state index contributed by atoms with van der Waals surface area (Å²) in [5.41, 5.74) is 6.41. The van der Waals surface area contributed by atoms with Gasteiger partial charge in [0, 0.05) is 24.9 Å². The van der Waals surface area contributed by atoms with Gasteiger partial charge in [-0.2, -0.15) is 0 Å². The lowest BCUT2D eigenvalue weighted by molar-refractivity contribution is -0.274. The predicted octanol–water partition coefficient (Wildman–Crippen LogP) is 3.54. The number of rotatable bonds is 6. The molecule has 1 aromatic rings. The molecule has 1 saturated heterocycles. The van der Waals surface area contributed by atoms with E-state index in [1.807, 2.05) is 13.0 Å². The summed E-state index contributed by atoms with van der Waals surface area (Å²) in [7, 11) is 0. The number of nitrogens with two attached hydrogens (primary N) is 1. The van der Waals surface area contributed by atoms with Crippen molar-refractivity contribution < 1.29 is 22.3 Å². The van der Waals surface area contributed by atoms with Gasteiger partial charge >= 0.3 is 6.36 Å². The molecule has 31 heavy (non-hydrogen) atoms. The van der Waals surface area contributed by atoms with Gasteiger partial charge in [0.2, 0.25) is 0 Å². The number of hydrogen-bond donors (Lipinski definition) is 3. The summed E-state index contributed by atoms with van der Waals surface area (Å²) >= 11 is 0. The fourth-order valence-corrected chi connectivity index (χ4v) is 3.39. The normalized spacial score (nSPS) is 24.5. The highest BCUT2D eigenvalue weighted by molar-refractivity contribution is 6.47. The number of halogens is 4. The Bertz CT molecular complexity index is 884. The van der Waals surface area contributed by atoms with Crippen LogP contribution in [0, 0.1) is 0 Å². The molecular weight excluding hydrogens is 414 g/mol. The van der Waals surface area contributed by atoms with E-state index in [1.165, 1.54) is 18.3 Å². The quantitative estimate of drug-likeness (QED) is 0.360. The van der Waals surface area contributed by atoms with E-state index in [2.05, 4.69) is 25.4 Å². The number of aliphatic imine (C=N–C) groups is 2. The Morgan fingerprint density at radius 2 is 2.10 bits per heavy atom. The summed E-state index contributed by atoms with van der Waals surface area (Å²) in [6, 6.07) is 5.63. The van der Waals surface area contributed by atoms with Crippen LogP contribution in [0.3, 0.4) is 0 Å². The van der Waals surface area contributed by atoms with Crippen molar-refractivity contribution in [3.8, 4) is 5.75 Å². The molecule has 4 N–H and O–H groups in total. The van der Waals surface area contributed by atoms with Gasteiger partial charge in [0.1, 0.15) is 23.0 Å². The molecule has 0 aliphatic carbocycles. The first-order valence-corrected chi connectivity index (χ1v) is 9.92. The predicted molar refractivity (Wildman–Crippen MR) is 112 cm³/mol. The highest BCUT2D eigenvalue weighted by atomic mass is 19.4.